The lowest BCUT2D eigenvalue weighted by atomic mass is 10.0. The number of aromatic nitrogens is 4. The van der Waals surface area contributed by atoms with Gasteiger partial charge in [-0.05, 0) is 44.4 Å². The minimum Gasteiger partial charge on any atom is -0.495 e. The summed E-state index contributed by atoms with van der Waals surface area (Å²) in [4.78, 5) is 38.2. The maximum absolute atomic E-state index is 13.1. The smallest absolute Gasteiger partial charge is 0.396 e. The average molecular weight is 522 g/mol. The molecule has 1 N–H and O–H groups in total. The minimum atomic E-state index is -0.676. The topological polar surface area (TPSA) is 136 Å². The van der Waals surface area contributed by atoms with Gasteiger partial charge in [0.2, 0.25) is 17.7 Å². The van der Waals surface area contributed by atoms with Crippen LogP contribution in [-0.2, 0) is 9.53 Å². The van der Waals surface area contributed by atoms with Crippen LogP contribution in [-0.4, -0.2) is 64.9 Å². The molecule has 200 valence electrons. The van der Waals surface area contributed by atoms with Crippen molar-refractivity contribution < 1.29 is 23.5 Å². The highest BCUT2D eigenvalue weighted by molar-refractivity contribution is 6.04. The summed E-state index contributed by atoms with van der Waals surface area (Å²) in [5, 5.41) is 11.0. The zero-order valence-electron chi connectivity index (χ0n) is 21.9. The van der Waals surface area contributed by atoms with Gasteiger partial charge in [-0.25, -0.2) is 9.78 Å². The third-order valence-electron chi connectivity index (χ3n) is 6.98. The van der Waals surface area contributed by atoms with Gasteiger partial charge in [0.1, 0.15) is 17.5 Å². The third kappa shape index (κ3) is 4.61. The Bertz CT molecular complexity index is 1340. The molecule has 12 heteroatoms. The molecule has 12 nitrogen and oxygen atoms in total. The summed E-state index contributed by atoms with van der Waals surface area (Å²) in [5.74, 6) is 0.978. The van der Waals surface area contributed by atoms with Crippen molar-refractivity contribution in [2.24, 2.45) is 0 Å². The van der Waals surface area contributed by atoms with Crippen LogP contribution in [0.4, 0.5) is 23.1 Å². The van der Waals surface area contributed by atoms with Gasteiger partial charge >= 0.3 is 11.9 Å². The normalized spacial score (nSPS) is 17.5. The maximum Gasteiger partial charge on any atom is 0.396 e. The quantitative estimate of drug-likeness (QED) is 0.431. The second-order valence-electron chi connectivity index (χ2n) is 9.24. The minimum absolute atomic E-state index is 0.0700. The highest BCUT2D eigenvalue weighted by atomic mass is 16.5. The van der Waals surface area contributed by atoms with Crippen LogP contribution in [0.5, 0.6) is 5.75 Å². The van der Waals surface area contributed by atoms with Gasteiger partial charge in [-0.15, -0.1) is 10.2 Å². The number of esters is 1. The predicted molar refractivity (Wildman–Crippen MR) is 140 cm³/mol. The monoisotopic (exact) mass is 521 g/mol. The Hall–Kier alpha value is -4.22. The van der Waals surface area contributed by atoms with Crippen LogP contribution in [0.1, 0.15) is 56.6 Å². The Kier molecular flexibility index (Phi) is 7.12. The van der Waals surface area contributed by atoms with E-state index in [2.05, 4.69) is 25.4 Å². The van der Waals surface area contributed by atoms with E-state index in [1.807, 2.05) is 6.92 Å². The molecule has 2 aromatic heterocycles. The van der Waals surface area contributed by atoms with Crippen molar-refractivity contribution in [3.63, 3.8) is 0 Å². The summed E-state index contributed by atoms with van der Waals surface area (Å²) in [6, 6.07) is 5.29. The molecule has 3 aromatic rings. The summed E-state index contributed by atoms with van der Waals surface area (Å²) >= 11 is 0. The van der Waals surface area contributed by atoms with E-state index in [9.17, 15) is 9.59 Å². The average Bonchev–Trinajstić information content (AvgIpc) is 3.64. The molecule has 0 unspecified atom stereocenters. The number of carbonyl (C=O) groups excluding carboxylic acids is 2. The molecule has 0 bridgehead atoms. The summed E-state index contributed by atoms with van der Waals surface area (Å²) in [5.41, 5.74) is 1.90. The molecule has 2 aliphatic rings. The Labute approximate surface area is 220 Å². The number of nitrogens with zero attached hydrogens (tertiary/aromatic N) is 6. The van der Waals surface area contributed by atoms with Gasteiger partial charge in [0.25, 0.3) is 0 Å². The van der Waals surface area contributed by atoms with Crippen LogP contribution in [0.15, 0.2) is 28.8 Å². The van der Waals surface area contributed by atoms with E-state index in [0.717, 1.165) is 31.5 Å². The number of fused-ring (bicyclic) bond motifs is 1. The van der Waals surface area contributed by atoms with Gasteiger partial charge in [-0.1, -0.05) is 19.8 Å². The van der Waals surface area contributed by atoms with Crippen molar-refractivity contribution in [3.05, 3.63) is 30.3 Å². The van der Waals surface area contributed by atoms with E-state index in [0.29, 0.717) is 35.1 Å². The van der Waals surface area contributed by atoms with E-state index >= 15 is 0 Å². The molecule has 5 rings (SSSR count). The van der Waals surface area contributed by atoms with E-state index in [-0.39, 0.29) is 36.4 Å². The Morgan fingerprint density at radius 2 is 2.00 bits per heavy atom. The fourth-order valence-corrected chi connectivity index (χ4v) is 5.11. The lowest BCUT2D eigenvalue weighted by molar-refractivity contribution is -0.120. The SMILES string of the molecule is CCOC(=O)c1nnc(-c2ccc(Nc3ncc4c(n3)N(C3CCCC3)[C@H](CC)C(=O)N4C)c(OC)c2)o1. The molecule has 1 aliphatic carbocycles. The van der Waals surface area contributed by atoms with Crippen LogP contribution < -0.4 is 19.9 Å². The maximum atomic E-state index is 13.1. The van der Waals surface area contributed by atoms with Crippen molar-refractivity contribution in [3.8, 4) is 17.2 Å². The Morgan fingerprint density at radius 1 is 1.21 bits per heavy atom. The fraction of sp³-hybridized carbons (Fsp3) is 0.462. The Morgan fingerprint density at radius 3 is 2.71 bits per heavy atom. The number of ether oxygens (including phenoxy) is 2. The molecule has 1 atom stereocenters. The number of hydrogen-bond donors (Lipinski definition) is 1. The molecule has 0 radical (unpaired) electrons. The first-order chi connectivity index (χ1) is 18.4. The second-order valence-corrected chi connectivity index (χ2v) is 9.24. The summed E-state index contributed by atoms with van der Waals surface area (Å²) in [7, 11) is 3.32. The van der Waals surface area contributed by atoms with Crippen LogP contribution >= 0.6 is 0 Å². The van der Waals surface area contributed by atoms with E-state index < -0.39 is 5.97 Å². The molecule has 1 aromatic carbocycles. The highest BCUT2D eigenvalue weighted by Crippen LogP contribution is 2.40. The molecule has 3 heterocycles. The van der Waals surface area contributed by atoms with Crippen molar-refractivity contribution in [2.45, 2.75) is 58.0 Å². The molecular formula is C26H31N7O5. The van der Waals surface area contributed by atoms with E-state index in [1.54, 1.807) is 50.4 Å². The number of hydrogen-bond acceptors (Lipinski definition) is 11. The van der Waals surface area contributed by atoms with Crippen LogP contribution in [0.3, 0.4) is 0 Å². The predicted octanol–water partition coefficient (Wildman–Crippen LogP) is 3.96. The number of carbonyl (C=O) groups is 2. The fourth-order valence-electron chi connectivity index (χ4n) is 5.11. The van der Waals surface area contributed by atoms with Gasteiger partial charge in [-0.2, -0.15) is 4.98 Å². The standard InChI is InChI=1S/C26H31N7O5/c1-5-18-24(34)32(3)19-14-27-26(29-21(19)33(18)16-9-7-8-10-16)28-17-12-11-15(13-20(17)36-4)22-30-31-23(38-22)25(35)37-6-2/h11-14,16,18H,5-10H2,1-4H3,(H,27,28,29)/t18-/m1/s1. The summed E-state index contributed by atoms with van der Waals surface area (Å²) < 4.78 is 16.0. The Balaban J connectivity index is 1.44. The summed E-state index contributed by atoms with van der Waals surface area (Å²) in [6.07, 6.45) is 6.78. The molecule has 1 saturated carbocycles. The van der Waals surface area contributed by atoms with E-state index in [1.165, 1.54) is 0 Å². The van der Waals surface area contributed by atoms with Crippen LogP contribution in [0.2, 0.25) is 0 Å². The molecule has 0 saturated heterocycles. The molecule has 1 fully saturated rings. The van der Waals surface area contributed by atoms with Gasteiger partial charge in [0.15, 0.2) is 5.82 Å². The zero-order chi connectivity index (χ0) is 26.8. The number of nitrogens with one attached hydrogen (secondary N) is 1. The van der Waals surface area contributed by atoms with Crippen molar-refractivity contribution >= 4 is 35.0 Å². The van der Waals surface area contributed by atoms with E-state index in [4.69, 9.17) is 18.9 Å². The number of likely N-dealkylation sites (N-methyl/N-ethyl adjacent to an activating group) is 1. The molecular weight excluding hydrogens is 490 g/mol. The molecule has 1 aliphatic heterocycles. The number of rotatable bonds is 8. The number of benzene rings is 1. The van der Waals surface area contributed by atoms with Crippen LogP contribution in [0.25, 0.3) is 11.5 Å². The van der Waals surface area contributed by atoms with Crippen molar-refractivity contribution in [1.29, 1.82) is 0 Å². The first-order valence-corrected chi connectivity index (χ1v) is 12.8. The van der Waals surface area contributed by atoms with Crippen LogP contribution in [0, 0.1) is 0 Å². The lowest BCUT2D eigenvalue weighted by Crippen LogP contribution is -2.55. The first-order valence-electron chi connectivity index (χ1n) is 12.8. The first kappa shape index (κ1) is 25.4. The molecule has 38 heavy (non-hydrogen) atoms. The van der Waals surface area contributed by atoms with Gasteiger partial charge < -0.3 is 29.0 Å². The van der Waals surface area contributed by atoms with Crippen molar-refractivity contribution in [2.75, 3.05) is 35.9 Å². The number of amides is 1. The number of anilines is 4. The summed E-state index contributed by atoms with van der Waals surface area (Å²) in [6.45, 7) is 3.94. The lowest BCUT2D eigenvalue weighted by Gasteiger charge is -2.43. The molecule has 1 amide bonds. The van der Waals surface area contributed by atoms with Gasteiger partial charge in [-0.3, -0.25) is 4.79 Å². The number of methoxy groups -OCH3 is 1. The molecule has 0 spiro atoms. The van der Waals surface area contributed by atoms with Crippen molar-refractivity contribution in [1.82, 2.24) is 20.2 Å². The highest BCUT2D eigenvalue weighted by Gasteiger charge is 2.41. The van der Waals surface area contributed by atoms with Gasteiger partial charge in [0, 0.05) is 18.7 Å². The second kappa shape index (κ2) is 10.6. The van der Waals surface area contributed by atoms with Gasteiger partial charge in [0.05, 0.1) is 25.6 Å². The zero-order valence-corrected chi connectivity index (χ0v) is 21.9. The largest absolute Gasteiger partial charge is 0.495 e. The third-order valence-corrected chi connectivity index (χ3v) is 6.98.